The van der Waals surface area contributed by atoms with Crippen molar-refractivity contribution >= 4 is 35.8 Å². The summed E-state index contributed by atoms with van der Waals surface area (Å²) >= 11 is 0. The molecular weight excluding hydrogens is 392 g/mol. The Morgan fingerprint density at radius 3 is 1.45 bits per heavy atom. The third-order valence-electron chi connectivity index (χ3n) is 3.62. The average molecular weight is 418 g/mol. The lowest BCUT2D eigenvalue weighted by Crippen LogP contribution is -2.29. The molecule has 11 heteroatoms. The molecule has 11 nitrogen and oxygen atoms in total. The highest BCUT2D eigenvalue weighted by atomic mass is 16.6. The zero-order chi connectivity index (χ0) is 22.2. The predicted octanol–water partition coefficient (Wildman–Crippen LogP) is 0.947. The van der Waals surface area contributed by atoms with Crippen LogP contribution >= 0.6 is 0 Å². The normalized spacial score (nSPS) is 11.3. The number of carboxylic acids is 2. The van der Waals surface area contributed by atoms with Crippen LogP contribution in [0.1, 0.15) is 70.6 Å². The van der Waals surface area contributed by atoms with Gasteiger partial charge < -0.3 is 24.8 Å². The molecule has 0 heterocycles. The molecule has 0 rings (SSSR count). The summed E-state index contributed by atoms with van der Waals surface area (Å²) in [5.41, 5.74) is 0. The second-order valence-corrected chi connectivity index (χ2v) is 6.27. The molecule has 0 fully saturated rings. The highest BCUT2D eigenvalue weighted by Gasteiger charge is 2.25. The van der Waals surface area contributed by atoms with Gasteiger partial charge in [-0.1, -0.05) is 12.8 Å². The van der Waals surface area contributed by atoms with Crippen molar-refractivity contribution in [1.82, 2.24) is 0 Å². The monoisotopic (exact) mass is 418 g/mol. The van der Waals surface area contributed by atoms with Crippen LogP contribution in [0.2, 0.25) is 0 Å². The Balaban J connectivity index is 3.97. The van der Waals surface area contributed by atoms with Gasteiger partial charge in [-0.3, -0.25) is 24.0 Å². The second kappa shape index (κ2) is 15.1. The van der Waals surface area contributed by atoms with Crippen LogP contribution in [0, 0.1) is 0 Å². The zero-order valence-corrected chi connectivity index (χ0v) is 16.0. The van der Waals surface area contributed by atoms with E-state index in [0.29, 0.717) is 38.5 Å². The minimum absolute atomic E-state index is 0.0245. The second-order valence-electron chi connectivity index (χ2n) is 6.27. The third kappa shape index (κ3) is 15.9. The standard InChI is InChI=1S/C18H26O11/c19-12(18(27)29-16(25)10-6-2-4-8-14(22)23)11-17(26)28-15(24)9-5-1-3-7-13(20)21/h12,19H,1-11H2,(H,20,21)(H,22,23). The Morgan fingerprint density at radius 2 is 1.00 bits per heavy atom. The van der Waals surface area contributed by atoms with Crippen LogP contribution in [0.15, 0.2) is 0 Å². The fourth-order valence-electron chi connectivity index (χ4n) is 2.14. The van der Waals surface area contributed by atoms with Gasteiger partial charge in [-0.25, -0.2) is 4.79 Å². The minimum Gasteiger partial charge on any atom is -0.481 e. The smallest absolute Gasteiger partial charge is 0.343 e. The van der Waals surface area contributed by atoms with Crippen molar-refractivity contribution in [2.75, 3.05) is 0 Å². The Kier molecular flexibility index (Phi) is 13.7. The molecule has 0 aliphatic carbocycles. The molecule has 0 aromatic carbocycles. The summed E-state index contributed by atoms with van der Waals surface area (Å²) in [5, 5.41) is 26.5. The molecule has 0 amide bonds. The Hall–Kier alpha value is -2.82. The van der Waals surface area contributed by atoms with Gasteiger partial charge in [0.25, 0.3) is 0 Å². The summed E-state index contributed by atoms with van der Waals surface area (Å²) in [4.78, 5) is 66.6. The third-order valence-corrected chi connectivity index (χ3v) is 3.62. The van der Waals surface area contributed by atoms with Gasteiger partial charge in [0.15, 0.2) is 6.10 Å². The molecule has 3 N–H and O–H groups in total. The maximum Gasteiger partial charge on any atom is 0.343 e. The van der Waals surface area contributed by atoms with Crippen molar-refractivity contribution in [2.24, 2.45) is 0 Å². The lowest BCUT2D eigenvalue weighted by atomic mass is 10.1. The summed E-state index contributed by atoms with van der Waals surface area (Å²) in [5.74, 6) is -6.20. The lowest BCUT2D eigenvalue weighted by Gasteiger charge is -2.09. The molecule has 164 valence electrons. The van der Waals surface area contributed by atoms with Gasteiger partial charge in [0.05, 0.1) is 6.42 Å². The molecule has 0 radical (unpaired) electrons. The van der Waals surface area contributed by atoms with Gasteiger partial charge in [-0.15, -0.1) is 0 Å². The molecule has 1 unspecified atom stereocenters. The van der Waals surface area contributed by atoms with Crippen LogP contribution in [0.4, 0.5) is 0 Å². The maximum atomic E-state index is 11.5. The molecule has 0 aliphatic rings. The summed E-state index contributed by atoms with van der Waals surface area (Å²) in [6.07, 6.45) is -0.867. The van der Waals surface area contributed by atoms with Crippen molar-refractivity contribution in [3.63, 3.8) is 0 Å². The van der Waals surface area contributed by atoms with E-state index in [2.05, 4.69) is 9.47 Å². The van der Waals surface area contributed by atoms with Crippen LogP contribution in [-0.2, 0) is 38.2 Å². The molecule has 1 atom stereocenters. The Morgan fingerprint density at radius 1 is 0.586 bits per heavy atom. The molecule has 0 aromatic rings. The summed E-state index contributed by atoms with van der Waals surface area (Å²) in [6, 6.07) is 0. The van der Waals surface area contributed by atoms with Crippen LogP contribution < -0.4 is 0 Å². The summed E-state index contributed by atoms with van der Waals surface area (Å²) in [7, 11) is 0. The number of rotatable bonds is 15. The van der Waals surface area contributed by atoms with Gasteiger partial charge >= 0.3 is 35.8 Å². The van der Waals surface area contributed by atoms with Crippen molar-refractivity contribution in [3.8, 4) is 0 Å². The number of aliphatic carboxylic acids is 2. The van der Waals surface area contributed by atoms with Crippen LogP contribution in [0.25, 0.3) is 0 Å². The molecule has 29 heavy (non-hydrogen) atoms. The number of hydrogen-bond donors (Lipinski definition) is 3. The quantitative estimate of drug-likeness (QED) is 0.195. The fraction of sp³-hybridized carbons (Fsp3) is 0.667. The van der Waals surface area contributed by atoms with Crippen molar-refractivity contribution < 1.29 is 53.6 Å². The topological polar surface area (TPSA) is 182 Å². The van der Waals surface area contributed by atoms with Crippen molar-refractivity contribution in [3.05, 3.63) is 0 Å². The molecule has 0 aromatic heterocycles. The van der Waals surface area contributed by atoms with E-state index in [0.717, 1.165) is 0 Å². The first-order valence-corrected chi connectivity index (χ1v) is 9.21. The predicted molar refractivity (Wildman–Crippen MR) is 94.3 cm³/mol. The zero-order valence-electron chi connectivity index (χ0n) is 16.0. The van der Waals surface area contributed by atoms with Gasteiger partial charge in [0.2, 0.25) is 0 Å². The highest BCUT2D eigenvalue weighted by molar-refractivity contribution is 5.92. The van der Waals surface area contributed by atoms with Gasteiger partial charge in [0.1, 0.15) is 0 Å². The van der Waals surface area contributed by atoms with Crippen molar-refractivity contribution in [1.29, 1.82) is 0 Å². The summed E-state index contributed by atoms with van der Waals surface area (Å²) in [6.45, 7) is 0. The lowest BCUT2D eigenvalue weighted by molar-refractivity contribution is -0.171. The van der Waals surface area contributed by atoms with Crippen LogP contribution in [0.5, 0.6) is 0 Å². The van der Waals surface area contributed by atoms with Gasteiger partial charge in [0, 0.05) is 25.7 Å². The number of hydrogen-bond acceptors (Lipinski definition) is 9. The SMILES string of the molecule is O=C(O)CCCCCC(=O)OC(=O)CC(O)C(=O)OC(=O)CCCCCC(=O)O. The van der Waals surface area contributed by atoms with Gasteiger partial charge in [-0.05, 0) is 25.7 Å². The van der Waals surface area contributed by atoms with E-state index in [-0.39, 0.29) is 25.7 Å². The van der Waals surface area contributed by atoms with E-state index in [9.17, 15) is 33.9 Å². The first kappa shape index (κ1) is 26.2. The molecule has 0 saturated carbocycles. The first-order valence-electron chi connectivity index (χ1n) is 9.21. The van der Waals surface area contributed by atoms with E-state index >= 15 is 0 Å². The van der Waals surface area contributed by atoms with Crippen molar-refractivity contribution in [2.45, 2.75) is 76.7 Å². The number of esters is 4. The van der Waals surface area contributed by atoms with E-state index < -0.39 is 48.3 Å². The molecule has 0 bridgehead atoms. The van der Waals surface area contributed by atoms with E-state index in [1.165, 1.54) is 0 Å². The largest absolute Gasteiger partial charge is 0.481 e. The fourth-order valence-corrected chi connectivity index (χ4v) is 2.14. The number of carboxylic acid groups (broad SMARTS) is 2. The number of aliphatic hydroxyl groups excluding tert-OH is 1. The minimum atomic E-state index is -1.97. The number of carbonyl (C=O) groups is 6. The average Bonchev–Trinajstić information content (AvgIpc) is 2.60. The number of unbranched alkanes of at least 4 members (excludes halogenated alkanes) is 4. The Bertz CT molecular complexity index is 597. The number of carbonyl (C=O) groups excluding carboxylic acids is 4. The van der Waals surface area contributed by atoms with E-state index in [1.54, 1.807) is 0 Å². The van der Waals surface area contributed by atoms with E-state index in [1.807, 2.05) is 0 Å². The van der Waals surface area contributed by atoms with E-state index in [4.69, 9.17) is 10.2 Å². The molecule has 0 spiro atoms. The highest BCUT2D eigenvalue weighted by Crippen LogP contribution is 2.07. The maximum absolute atomic E-state index is 11.5. The number of aliphatic hydroxyl groups is 1. The van der Waals surface area contributed by atoms with Gasteiger partial charge in [-0.2, -0.15) is 0 Å². The Labute approximate surface area is 167 Å². The van der Waals surface area contributed by atoms with Crippen LogP contribution in [0.3, 0.4) is 0 Å². The summed E-state index contributed by atoms with van der Waals surface area (Å²) < 4.78 is 8.79. The number of ether oxygens (including phenoxy) is 2. The molecule has 0 aliphatic heterocycles. The first-order chi connectivity index (χ1) is 13.6. The van der Waals surface area contributed by atoms with Crippen LogP contribution in [-0.4, -0.2) is 57.2 Å². The molecule has 0 saturated heterocycles. The molecular formula is C18H26O11.